The Hall–Kier alpha value is -1.45. The van der Waals surface area contributed by atoms with Gasteiger partial charge in [-0.2, -0.15) is 0 Å². The van der Waals surface area contributed by atoms with Crippen molar-refractivity contribution in [3.05, 3.63) is 29.8 Å². The highest BCUT2D eigenvalue weighted by Gasteiger charge is 2.29. The summed E-state index contributed by atoms with van der Waals surface area (Å²) >= 11 is 0. The van der Waals surface area contributed by atoms with E-state index >= 15 is 0 Å². The zero-order chi connectivity index (χ0) is 16.4. The van der Waals surface area contributed by atoms with E-state index in [-0.39, 0.29) is 34.4 Å². The number of esters is 1. The monoisotopic (exact) mass is 347 g/mol. The summed E-state index contributed by atoms with van der Waals surface area (Å²) in [7, 11) is -5.52. The average Bonchev–Trinajstić information content (AvgIpc) is 2.84. The first-order chi connectivity index (χ1) is 10.2. The summed E-state index contributed by atoms with van der Waals surface area (Å²) in [4.78, 5) is 11.3. The molecule has 1 atom stereocenters. The van der Waals surface area contributed by atoms with E-state index in [1.54, 1.807) is 0 Å². The van der Waals surface area contributed by atoms with Crippen molar-refractivity contribution in [2.45, 2.75) is 11.3 Å². The molecule has 0 aromatic heterocycles. The second-order valence-electron chi connectivity index (χ2n) is 5.14. The minimum absolute atomic E-state index is 0.0107. The lowest BCUT2D eigenvalue weighted by Gasteiger charge is -2.10. The lowest BCUT2D eigenvalue weighted by atomic mass is 10.1. The minimum atomic E-state index is -3.73. The molecule has 0 aliphatic carbocycles. The smallest absolute Gasteiger partial charge is 0.337 e. The third-order valence-electron chi connectivity index (χ3n) is 3.47. The van der Waals surface area contributed by atoms with Crippen LogP contribution >= 0.6 is 0 Å². The van der Waals surface area contributed by atoms with Gasteiger partial charge in [-0.3, -0.25) is 0 Å². The van der Waals surface area contributed by atoms with E-state index < -0.39 is 25.8 Å². The Morgan fingerprint density at radius 1 is 1.32 bits per heavy atom. The van der Waals surface area contributed by atoms with Crippen LogP contribution in [0.3, 0.4) is 0 Å². The number of sulfone groups is 1. The van der Waals surface area contributed by atoms with Gasteiger partial charge >= 0.3 is 5.97 Å². The highest BCUT2D eigenvalue weighted by molar-refractivity contribution is 7.91. The lowest BCUT2D eigenvalue weighted by molar-refractivity contribution is 0.0600. The fourth-order valence-corrected chi connectivity index (χ4v) is 5.21. The molecule has 2 rings (SSSR count). The Bertz CT molecular complexity index is 752. The summed E-state index contributed by atoms with van der Waals surface area (Å²) in [6, 6.07) is 5.33. The average molecular weight is 347 g/mol. The lowest BCUT2D eigenvalue weighted by Crippen LogP contribution is -2.30. The van der Waals surface area contributed by atoms with Gasteiger partial charge in [-0.05, 0) is 36.6 Å². The first-order valence-corrected chi connectivity index (χ1v) is 9.92. The maximum absolute atomic E-state index is 12.1. The molecule has 1 heterocycles. The van der Waals surface area contributed by atoms with Crippen LogP contribution in [0, 0.1) is 5.92 Å². The van der Waals surface area contributed by atoms with Gasteiger partial charge in [-0.1, -0.05) is 0 Å². The molecular formula is C13H17NO6S2. The van der Waals surface area contributed by atoms with E-state index in [2.05, 4.69) is 9.46 Å². The molecule has 22 heavy (non-hydrogen) atoms. The third-order valence-corrected chi connectivity index (χ3v) is 6.75. The zero-order valence-electron chi connectivity index (χ0n) is 12.0. The summed E-state index contributed by atoms with van der Waals surface area (Å²) in [6.45, 7) is 0.0836. The summed E-state index contributed by atoms with van der Waals surface area (Å²) in [6.07, 6.45) is 0.464. The first kappa shape index (κ1) is 16.9. The molecule has 0 saturated carbocycles. The molecule has 9 heteroatoms. The highest BCUT2D eigenvalue weighted by atomic mass is 32.2. The van der Waals surface area contributed by atoms with Crippen molar-refractivity contribution in [2.75, 3.05) is 25.2 Å². The number of ether oxygens (including phenoxy) is 1. The number of sulfonamides is 1. The van der Waals surface area contributed by atoms with Crippen molar-refractivity contribution >= 4 is 25.8 Å². The van der Waals surface area contributed by atoms with E-state index in [9.17, 15) is 21.6 Å². The van der Waals surface area contributed by atoms with Gasteiger partial charge < -0.3 is 4.74 Å². The Morgan fingerprint density at radius 3 is 2.45 bits per heavy atom. The zero-order valence-corrected chi connectivity index (χ0v) is 13.6. The molecule has 0 amide bonds. The van der Waals surface area contributed by atoms with E-state index in [1.165, 1.54) is 31.4 Å². The van der Waals surface area contributed by atoms with Gasteiger partial charge in [0, 0.05) is 6.54 Å². The predicted molar refractivity (Wildman–Crippen MR) is 79.7 cm³/mol. The topological polar surface area (TPSA) is 107 Å². The standard InChI is InChI=1S/C13H17NO6S2/c1-20-13(15)11-2-4-12(5-3-11)22(18,19)14-8-10-6-7-21(16,17)9-10/h2-5,10,14H,6-9H2,1H3. The van der Waals surface area contributed by atoms with Crippen LogP contribution in [0.1, 0.15) is 16.8 Å². The van der Waals surface area contributed by atoms with E-state index in [1.807, 2.05) is 0 Å². The van der Waals surface area contributed by atoms with Gasteiger partial charge in [0.1, 0.15) is 0 Å². The van der Waals surface area contributed by atoms with Gasteiger partial charge in [0.05, 0.1) is 29.1 Å². The molecule has 1 aromatic carbocycles. The second-order valence-corrected chi connectivity index (χ2v) is 9.13. The normalized spacial score (nSPS) is 20.7. The van der Waals surface area contributed by atoms with Gasteiger partial charge in [-0.25, -0.2) is 26.4 Å². The van der Waals surface area contributed by atoms with Crippen LogP contribution in [-0.2, 0) is 24.6 Å². The number of methoxy groups -OCH3 is 1. The van der Waals surface area contributed by atoms with Crippen LogP contribution in [0.2, 0.25) is 0 Å². The number of carbonyl (C=O) groups excluding carboxylic acids is 1. The van der Waals surface area contributed by atoms with Crippen molar-refractivity contribution < 1.29 is 26.4 Å². The Kier molecular flexibility index (Phi) is 4.88. The Morgan fingerprint density at radius 2 is 1.95 bits per heavy atom. The van der Waals surface area contributed by atoms with Crippen LogP contribution in [0.4, 0.5) is 0 Å². The molecule has 0 radical (unpaired) electrons. The molecule has 1 N–H and O–H groups in total. The summed E-state index contributed by atoms with van der Waals surface area (Å²) in [5.41, 5.74) is 0.253. The number of hydrogen-bond donors (Lipinski definition) is 1. The van der Waals surface area contributed by atoms with Crippen molar-refractivity contribution in [1.82, 2.24) is 4.72 Å². The van der Waals surface area contributed by atoms with Gasteiger partial charge in [0.25, 0.3) is 0 Å². The quantitative estimate of drug-likeness (QED) is 0.762. The maximum Gasteiger partial charge on any atom is 0.337 e. The van der Waals surface area contributed by atoms with E-state index in [4.69, 9.17) is 0 Å². The SMILES string of the molecule is COC(=O)c1ccc(S(=O)(=O)NCC2CCS(=O)(=O)C2)cc1. The molecule has 1 aliphatic heterocycles. The highest BCUT2D eigenvalue weighted by Crippen LogP contribution is 2.18. The molecule has 0 bridgehead atoms. The molecule has 1 aliphatic rings. The van der Waals surface area contributed by atoms with Crippen LogP contribution in [-0.4, -0.2) is 48.0 Å². The van der Waals surface area contributed by atoms with Crippen LogP contribution in [0.15, 0.2) is 29.2 Å². The van der Waals surface area contributed by atoms with Gasteiger partial charge in [0.15, 0.2) is 9.84 Å². The predicted octanol–water partition coefficient (Wildman–Crippen LogP) is 0.186. The molecule has 7 nitrogen and oxygen atoms in total. The van der Waals surface area contributed by atoms with Crippen LogP contribution < -0.4 is 4.72 Å². The molecule has 1 aromatic rings. The Labute approximate surface area is 129 Å². The number of benzene rings is 1. The number of carbonyl (C=O) groups is 1. The first-order valence-electron chi connectivity index (χ1n) is 6.62. The fourth-order valence-electron chi connectivity index (χ4n) is 2.23. The van der Waals surface area contributed by atoms with Crippen molar-refractivity contribution in [3.8, 4) is 0 Å². The molecule has 1 saturated heterocycles. The van der Waals surface area contributed by atoms with Gasteiger partial charge in [0.2, 0.25) is 10.0 Å². The van der Waals surface area contributed by atoms with Crippen molar-refractivity contribution in [3.63, 3.8) is 0 Å². The van der Waals surface area contributed by atoms with E-state index in [0.717, 1.165) is 0 Å². The fraction of sp³-hybridized carbons (Fsp3) is 0.462. The second kappa shape index (κ2) is 6.35. The molecule has 0 spiro atoms. The molecule has 1 unspecified atom stereocenters. The van der Waals surface area contributed by atoms with Crippen LogP contribution in [0.25, 0.3) is 0 Å². The van der Waals surface area contributed by atoms with E-state index in [0.29, 0.717) is 6.42 Å². The number of nitrogens with one attached hydrogen (secondary N) is 1. The minimum Gasteiger partial charge on any atom is -0.465 e. The number of rotatable bonds is 5. The maximum atomic E-state index is 12.1. The van der Waals surface area contributed by atoms with Crippen molar-refractivity contribution in [1.29, 1.82) is 0 Å². The van der Waals surface area contributed by atoms with Crippen LogP contribution in [0.5, 0.6) is 0 Å². The summed E-state index contributed by atoms with van der Waals surface area (Å²) in [5.74, 6) is -0.633. The molecular weight excluding hydrogens is 330 g/mol. The summed E-state index contributed by atoms with van der Waals surface area (Å²) in [5, 5.41) is 0. The Balaban J connectivity index is 2.03. The summed E-state index contributed by atoms with van der Waals surface area (Å²) < 4.78 is 53.9. The van der Waals surface area contributed by atoms with Gasteiger partial charge in [-0.15, -0.1) is 0 Å². The molecule has 122 valence electrons. The largest absolute Gasteiger partial charge is 0.465 e. The third kappa shape index (κ3) is 4.05. The number of hydrogen-bond acceptors (Lipinski definition) is 6. The van der Waals surface area contributed by atoms with Crippen molar-refractivity contribution in [2.24, 2.45) is 5.92 Å². The molecule has 1 fully saturated rings.